The number of nitrogens with zero attached hydrogens (tertiary/aromatic N) is 1. The quantitative estimate of drug-likeness (QED) is 0.901. The van der Waals surface area contributed by atoms with E-state index in [4.69, 9.17) is 17.3 Å². The Labute approximate surface area is 115 Å². The van der Waals surface area contributed by atoms with E-state index in [1.165, 1.54) is 5.56 Å². The highest BCUT2D eigenvalue weighted by molar-refractivity contribution is 6.31. The standard InChI is InChI=1S/C11H17ClN2.2ClH/c1-2-14(8-7-13)9-10-5-3-4-6-11(10)12;;/h3-6H,2,7-9,13H2,1H3;2*1H. The van der Waals surface area contributed by atoms with Crippen LogP contribution in [-0.4, -0.2) is 24.5 Å². The highest BCUT2D eigenvalue weighted by atomic mass is 35.5. The van der Waals surface area contributed by atoms with Gasteiger partial charge in [0.25, 0.3) is 0 Å². The Morgan fingerprint density at radius 1 is 1.25 bits per heavy atom. The first kappa shape index (κ1) is 18.4. The summed E-state index contributed by atoms with van der Waals surface area (Å²) in [6.45, 7) is 5.63. The molecule has 1 aromatic carbocycles. The highest BCUT2D eigenvalue weighted by Gasteiger charge is 2.04. The van der Waals surface area contributed by atoms with Crippen LogP contribution < -0.4 is 5.73 Å². The number of benzene rings is 1. The van der Waals surface area contributed by atoms with Crippen LogP contribution in [0.15, 0.2) is 24.3 Å². The maximum Gasteiger partial charge on any atom is 0.0451 e. The van der Waals surface area contributed by atoms with E-state index >= 15 is 0 Å². The molecule has 0 atom stereocenters. The van der Waals surface area contributed by atoms with Crippen molar-refractivity contribution < 1.29 is 0 Å². The van der Waals surface area contributed by atoms with Gasteiger partial charge in [0.1, 0.15) is 0 Å². The summed E-state index contributed by atoms with van der Waals surface area (Å²) < 4.78 is 0. The molecule has 0 saturated carbocycles. The molecule has 1 aromatic rings. The summed E-state index contributed by atoms with van der Waals surface area (Å²) in [7, 11) is 0. The zero-order valence-corrected chi connectivity index (χ0v) is 11.7. The minimum absolute atomic E-state index is 0. The van der Waals surface area contributed by atoms with Crippen LogP contribution in [-0.2, 0) is 6.54 Å². The van der Waals surface area contributed by atoms with Gasteiger partial charge in [0.15, 0.2) is 0 Å². The maximum absolute atomic E-state index is 6.07. The fourth-order valence-electron chi connectivity index (χ4n) is 1.40. The van der Waals surface area contributed by atoms with Gasteiger partial charge in [-0.15, -0.1) is 24.8 Å². The largest absolute Gasteiger partial charge is 0.329 e. The molecule has 0 aliphatic heterocycles. The van der Waals surface area contributed by atoms with Crippen LogP contribution in [0, 0.1) is 0 Å². The highest BCUT2D eigenvalue weighted by Crippen LogP contribution is 2.16. The Morgan fingerprint density at radius 3 is 2.38 bits per heavy atom. The molecule has 0 heterocycles. The fraction of sp³-hybridized carbons (Fsp3) is 0.455. The molecule has 0 amide bonds. The van der Waals surface area contributed by atoms with Crippen molar-refractivity contribution in [2.45, 2.75) is 13.5 Å². The van der Waals surface area contributed by atoms with E-state index in [1.54, 1.807) is 0 Å². The minimum Gasteiger partial charge on any atom is -0.329 e. The van der Waals surface area contributed by atoms with Gasteiger partial charge in [-0.25, -0.2) is 0 Å². The number of rotatable bonds is 5. The molecule has 94 valence electrons. The average molecular weight is 286 g/mol. The molecule has 0 radical (unpaired) electrons. The zero-order valence-electron chi connectivity index (χ0n) is 9.36. The second-order valence-corrected chi connectivity index (χ2v) is 3.66. The van der Waals surface area contributed by atoms with E-state index < -0.39 is 0 Å². The number of hydrogen-bond acceptors (Lipinski definition) is 2. The molecule has 2 N–H and O–H groups in total. The van der Waals surface area contributed by atoms with E-state index in [-0.39, 0.29) is 24.8 Å². The van der Waals surface area contributed by atoms with Gasteiger partial charge in [-0.3, -0.25) is 4.90 Å². The van der Waals surface area contributed by atoms with Crippen LogP contribution in [0.2, 0.25) is 5.02 Å². The first-order valence-electron chi connectivity index (χ1n) is 4.93. The van der Waals surface area contributed by atoms with Gasteiger partial charge in [0, 0.05) is 24.7 Å². The molecule has 0 aliphatic rings. The first-order chi connectivity index (χ1) is 6.77. The van der Waals surface area contributed by atoms with Gasteiger partial charge in [-0.05, 0) is 18.2 Å². The second kappa shape index (κ2) is 10.2. The summed E-state index contributed by atoms with van der Waals surface area (Å²) >= 11 is 6.07. The van der Waals surface area contributed by atoms with Gasteiger partial charge in [0.05, 0.1) is 0 Å². The summed E-state index contributed by atoms with van der Waals surface area (Å²) in [5, 5.41) is 0.836. The topological polar surface area (TPSA) is 29.3 Å². The molecular weight excluding hydrogens is 266 g/mol. The molecule has 0 fully saturated rings. The molecule has 0 spiro atoms. The normalized spacial score (nSPS) is 9.50. The third kappa shape index (κ3) is 5.92. The van der Waals surface area contributed by atoms with Crippen LogP contribution in [0.5, 0.6) is 0 Å². The van der Waals surface area contributed by atoms with Crippen LogP contribution in [0.4, 0.5) is 0 Å². The van der Waals surface area contributed by atoms with Gasteiger partial charge in [0.2, 0.25) is 0 Å². The van der Waals surface area contributed by atoms with Crippen molar-refractivity contribution in [1.29, 1.82) is 0 Å². The van der Waals surface area contributed by atoms with Crippen molar-refractivity contribution in [3.05, 3.63) is 34.9 Å². The third-order valence-electron chi connectivity index (χ3n) is 2.24. The predicted molar refractivity (Wildman–Crippen MR) is 76.0 cm³/mol. The maximum atomic E-state index is 6.07. The lowest BCUT2D eigenvalue weighted by molar-refractivity contribution is 0.288. The fourth-order valence-corrected chi connectivity index (χ4v) is 1.59. The lowest BCUT2D eigenvalue weighted by Gasteiger charge is -2.19. The predicted octanol–water partition coefficient (Wildman–Crippen LogP) is 2.96. The van der Waals surface area contributed by atoms with E-state index in [0.717, 1.165) is 24.7 Å². The lowest BCUT2D eigenvalue weighted by Crippen LogP contribution is -2.28. The van der Waals surface area contributed by atoms with Crippen LogP contribution in [0.1, 0.15) is 12.5 Å². The van der Waals surface area contributed by atoms with Crippen molar-refractivity contribution in [2.24, 2.45) is 5.73 Å². The molecular formula is C11H19Cl3N2. The lowest BCUT2D eigenvalue weighted by atomic mass is 10.2. The molecule has 16 heavy (non-hydrogen) atoms. The van der Waals surface area contributed by atoms with Gasteiger partial charge >= 0.3 is 0 Å². The van der Waals surface area contributed by atoms with Crippen LogP contribution in [0.25, 0.3) is 0 Å². The van der Waals surface area contributed by atoms with Crippen LogP contribution in [0.3, 0.4) is 0 Å². The molecule has 0 saturated heterocycles. The average Bonchev–Trinajstić information content (AvgIpc) is 2.20. The summed E-state index contributed by atoms with van der Waals surface area (Å²) in [6, 6.07) is 7.94. The SMILES string of the molecule is CCN(CCN)Cc1ccccc1Cl.Cl.Cl. The molecule has 2 nitrogen and oxygen atoms in total. The zero-order chi connectivity index (χ0) is 10.4. The van der Waals surface area contributed by atoms with E-state index in [1.807, 2.05) is 18.2 Å². The summed E-state index contributed by atoms with van der Waals surface area (Å²) in [4.78, 5) is 2.28. The van der Waals surface area contributed by atoms with Gasteiger partial charge < -0.3 is 5.73 Å². The summed E-state index contributed by atoms with van der Waals surface area (Å²) in [5.74, 6) is 0. The molecule has 0 bridgehead atoms. The van der Waals surface area contributed by atoms with E-state index in [9.17, 15) is 0 Å². The summed E-state index contributed by atoms with van der Waals surface area (Å²) in [6.07, 6.45) is 0. The van der Waals surface area contributed by atoms with Crippen molar-refractivity contribution >= 4 is 36.4 Å². The van der Waals surface area contributed by atoms with Crippen molar-refractivity contribution in [2.75, 3.05) is 19.6 Å². The number of halogens is 3. The molecule has 0 aliphatic carbocycles. The number of nitrogens with two attached hydrogens (primary N) is 1. The van der Waals surface area contributed by atoms with Crippen molar-refractivity contribution in [1.82, 2.24) is 4.90 Å². The minimum atomic E-state index is 0. The van der Waals surface area contributed by atoms with Crippen molar-refractivity contribution in [3.63, 3.8) is 0 Å². The van der Waals surface area contributed by atoms with Gasteiger partial charge in [-0.2, -0.15) is 0 Å². The monoisotopic (exact) mass is 284 g/mol. The molecule has 5 heteroatoms. The Hall–Kier alpha value is 0.01000. The van der Waals surface area contributed by atoms with Crippen LogP contribution >= 0.6 is 36.4 Å². The Kier molecular flexibility index (Phi) is 11.7. The number of likely N-dealkylation sites (N-methyl/N-ethyl adjacent to an activating group) is 1. The van der Waals surface area contributed by atoms with E-state index in [0.29, 0.717) is 6.54 Å². The third-order valence-corrected chi connectivity index (χ3v) is 2.61. The smallest absolute Gasteiger partial charge is 0.0451 e. The van der Waals surface area contributed by atoms with Gasteiger partial charge in [-0.1, -0.05) is 36.7 Å². The molecule has 0 unspecified atom stereocenters. The summed E-state index contributed by atoms with van der Waals surface area (Å²) in [5.41, 5.74) is 6.69. The second-order valence-electron chi connectivity index (χ2n) is 3.25. The molecule has 0 aromatic heterocycles. The number of hydrogen-bond donors (Lipinski definition) is 1. The Bertz CT molecular complexity index is 282. The molecule has 1 rings (SSSR count). The Morgan fingerprint density at radius 2 is 1.88 bits per heavy atom. The Balaban J connectivity index is 0. The van der Waals surface area contributed by atoms with Crippen molar-refractivity contribution in [3.8, 4) is 0 Å². The first-order valence-corrected chi connectivity index (χ1v) is 5.31. The van der Waals surface area contributed by atoms with E-state index in [2.05, 4.69) is 17.9 Å².